The predicted molar refractivity (Wildman–Crippen MR) is 121 cm³/mol. The summed E-state index contributed by atoms with van der Waals surface area (Å²) in [5.41, 5.74) is 1.77. The van der Waals surface area contributed by atoms with E-state index in [1.54, 1.807) is 48.5 Å². The van der Waals surface area contributed by atoms with Gasteiger partial charge in [0.2, 0.25) is 6.41 Å². The number of nitrogens with one attached hydrogen (secondary N) is 2. The molecule has 0 bridgehead atoms. The summed E-state index contributed by atoms with van der Waals surface area (Å²) in [6.45, 7) is 4.25. The minimum atomic E-state index is -0.370. The standard InChI is InChI=1S/C22H12N2O4.C3H8/c25-10-23-16-7-3-5-12-17(16)21(27)13-8-9-14-19(18(13)22(12)28)24-15-6-2-1-4-11(15)20(14)26;1-3-2/h1-10H,(H,23,25)(H,24,26);3H2,1-2H3. The van der Waals surface area contributed by atoms with Crippen molar-refractivity contribution in [1.82, 2.24) is 4.98 Å². The number of amides is 1. The van der Waals surface area contributed by atoms with E-state index in [0.29, 0.717) is 28.2 Å². The molecule has 2 N–H and O–H groups in total. The van der Waals surface area contributed by atoms with E-state index in [1.807, 2.05) is 0 Å². The first-order valence-electron chi connectivity index (χ1n) is 10.0. The smallest absolute Gasteiger partial charge is 0.211 e. The molecule has 31 heavy (non-hydrogen) atoms. The van der Waals surface area contributed by atoms with Crippen LogP contribution in [0.25, 0.3) is 21.8 Å². The number of benzene rings is 3. The van der Waals surface area contributed by atoms with Crippen LogP contribution in [0.1, 0.15) is 52.1 Å². The van der Waals surface area contributed by atoms with Crippen LogP contribution in [0.4, 0.5) is 5.69 Å². The van der Waals surface area contributed by atoms with Gasteiger partial charge in [0.15, 0.2) is 17.0 Å². The Morgan fingerprint density at radius 3 is 2.23 bits per heavy atom. The molecule has 5 rings (SSSR count). The van der Waals surface area contributed by atoms with E-state index in [9.17, 15) is 19.2 Å². The average Bonchev–Trinajstić information content (AvgIpc) is 2.78. The molecule has 3 aromatic carbocycles. The van der Waals surface area contributed by atoms with Crippen molar-refractivity contribution in [3.63, 3.8) is 0 Å². The molecule has 0 fully saturated rings. The number of hydrogen-bond acceptors (Lipinski definition) is 4. The van der Waals surface area contributed by atoms with Crippen molar-refractivity contribution in [2.45, 2.75) is 20.3 Å². The van der Waals surface area contributed by atoms with Gasteiger partial charge >= 0.3 is 0 Å². The summed E-state index contributed by atoms with van der Waals surface area (Å²) in [5, 5.41) is 3.34. The van der Waals surface area contributed by atoms with Crippen LogP contribution in [0.15, 0.2) is 59.4 Å². The Hall–Kier alpha value is -4.06. The van der Waals surface area contributed by atoms with Crippen molar-refractivity contribution in [2.24, 2.45) is 0 Å². The first kappa shape index (κ1) is 20.2. The van der Waals surface area contributed by atoms with E-state index in [2.05, 4.69) is 24.1 Å². The normalized spacial score (nSPS) is 12.1. The van der Waals surface area contributed by atoms with E-state index >= 15 is 0 Å². The second kappa shape index (κ2) is 7.99. The number of carbonyl (C=O) groups excluding carboxylic acids is 3. The molecule has 0 unspecified atom stereocenters. The number of anilines is 1. The first-order valence-corrected chi connectivity index (χ1v) is 10.0. The quantitative estimate of drug-likeness (QED) is 0.331. The van der Waals surface area contributed by atoms with Gasteiger partial charge in [-0.15, -0.1) is 0 Å². The second-order valence-corrected chi connectivity index (χ2v) is 7.27. The molecule has 1 aliphatic rings. The lowest BCUT2D eigenvalue weighted by Crippen LogP contribution is -2.24. The zero-order valence-electron chi connectivity index (χ0n) is 17.1. The fraction of sp³-hybridized carbons (Fsp3) is 0.120. The minimum Gasteiger partial charge on any atom is -0.354 e. The van der Waals surface area contributed by atoms with E-state index in [4.69, 9.17) is 0 Å². The number of para-hydroxylation sites is 1. The average molecular weight is 412 g/mol. The summed E-state index contributed by atoms with van der Waals surface area (Å²) in [5.74, 6) is -0.735. The van der Waals surface area contributed by atoms with Gasteiger partial charge < -0.3 is 10.3 Å². The van der Waals surface area contributed by atoms with E-state index in [-0.39, 0.29) is 44.9 Å². The first-order chi connectivity index (χ1) is 15.0. The number of H-pyrrole nitrogens is 1. The monoisotopic (exact) mass is 412 g/mol. The molecule has 1 aromatic heterocycles. The van der Waals surface area contributed by atoms with Crippen molar-refractivity contribution < 1.29 is 14.4 Å². The highest BCUT2D eigenvalue weighted by Gasteiger charge is 2.33. The molecule has 4 aromatic rings. The summed E-state index contributed by atoms with van der Waals surface area (Å²) in [7, 11) is 0. The summed E-state index contributed by atoms with van der Waals surface area (Å²) in [6.07, 6.45) is 1.72. The topological polar surface area (TPSA) is 96.1 Å². The largest absolute Gasteiger partial charge is 0.354 e. The summed E-state index contributed by atoms with van der Waals surface area (Å²) in [4.78, 5) is 53.3. The van der Waals surface area contributed by atoms with Gasteiger partial charge in [-0.3, -0.25) is 19.2 Å². The Kier molecular flexibility index (Phi) is 5.21. The number of pyridine rings is 1. The SMILES string of the molecule is CCC.O=CNc1cccc2c1C(=O)c1ccc3c(=O)c4ccccc4[nH]c3c1C2=O. The molecule has 1 amide bonds. The van der Waals surface area contributed by atoms with Crippen LogP contribution in [0, 0.1) is 0 Å². The number of ketones is 2. The molecule has 0 spiro atoms. The number of aromatic amines is 1. The van der Waals surface area contributed by atoms with Crippen molar-refractivity contribution in [3.05, 3.63) is 87.1 Å². The summed E-state index contributed by atoms with van der Waals surface area (Å²) < 4.78 is 0. The highest BCUT2D eigenvalue weighted by atomic mass is 16.1. The lowest BCUT2D eigenvalue weighted by Gasteiger charge is -2.21. The van der Waals surface area contributed by atoms with Gasteiger partial charge in [-0.2, -0.15) is 0 Å². The lowest BCUT2D eigenvalue weighted by atomic mass is 9.82. The third-order valence-corrected chi connectivity index (χ3v) is 5.10. The summed E-state index contributed by atoms with van der Waals surface area (Å²) in [6, 6.07) is 14.8. The van der Waals surface area contributed by atoms with Crippen molar-refractivity contribution in [2.75, 3.05) is 5.32 Å². The molecule has 6 heteroatoms. The highest BCUT2D eigenvalue weighted by molar-refractivity contribution is 6.33. The van der Waals surface area contributed by atoms with Crippen LogP contribution in [-0.4, -0.2) is 23.0 Å². The van der Waals surface area contributed by atoms with Crippen LogP contribution < -0.4 is 10.7 Å². The molecule has 154 valence electrons. The molecule has 1 heterocycles. The fourth-order valence-corrected chi connectivity index (χ4v) is 3.86. The van der Waals surface area contributed by atoms with Crippen LogP contribution in [0.3, 0.4) is 0 Å². The van der Waals surface area contributed by atoms with E-state index in [0.717, 1.165) is 0 Å². The summed E-state index contributed by atoms with van der Waals surface area (Å²) >= 11 is 0. The van der Waals surface area contributed by atoms with Gasteiger partial charge in [0.1, 0.15) is 0 Å². The van der Waals surface area contributed by atoms with Crippen molar-refractivity contribution in [3.8, 4) is 0 Å². The zero-order valence-corrected chi connectivity index (χ0v) is 17.1. The molecule has 0 atom stereocenters. The Labute approximate surface area is 177 Å². The predicted octanol–water partition coefficient (Wildman–Crippen LogP) is 4.44. The number of aromatic nitrogens is 1. The van der Waals surface area contributed by atoms with Crippen LogP contribution >= 0.6 is 0 Å². The molecule has 1 aliphatic carbocycles. The third-order valence-electron chi connectivity index (χ3n) is 5.10. The number of carbonyl (C=O) groups is 3. The molecule has 6 nitrogen and oxygen atoms in total. The van der Waals surface area contributed by atoms with Gasteiger partial charge in [0.25, 0.3) is 0 Å². The fourth-order valence-electron chi connectivity index (χ4n) is 3.86. The Balaban J connectivity index is 0.000000730. The number of hydrogen-bond donors (Lipinski definition) is 2. The van der Waals surface area contributed by atoms with Gasteiger partial charge in [-0.1, -0.05) is 44.5 Å². The van der Waals surface area contributed by atoms with Crippen LogP contribution in [-0.2, 0) is 4.79 Å². The van der Waals surface area contributed by atoms with Gasteiger partial charge in [-0.25, -0.2) is 0 Å². The maximum Gasteiger partial charge on any atom is 0.211 e. The molecule has 0 saturated carbocycles. The second-order valence-electron chi connectivity index (χ2n) is 7.27. The van der Waals surface area contributed by atoms with Gasteiger partial charge in [-0.05, 0) is 30.3 Å². The van der Waals surface area contributed by atoms with Crippen LogP contribution in [0.5, 0.6) is 0 Å². The Bertz CT molecular complexity index is 1430. The van der Waals surface area contributed by atoms with Crippen molar-refractivity contribution >= 4 is 45.5 Å². The number of fused-ring (bicyclic) bond motifs is 5. The highest BCUT2D eigenvalue weighted by Crippen LogP contribution is 2.34. The van der Waals surface area contributed by atoms with E-state index in [1.165, 1.54) is 12.5 Å². The number of rotatable bonds is 2. The molecule has 0 radical (unpaired) electrons. The third kappa shape index (κ3) is 3.13. The zero-order chi connectivity index (χ0) is 22.1. The Morgan fingerprint density at radius 1 is 0.806 bits per heavy atom. The maximum absolute atomic E-state index is 13.3. The van der Waals surface area contributed by atoms with Crippen LogP contribution in [0.2, 0.25) is 0 Å². The minimum absolute atomic E-state index is 0.162. The van der Waals surface area contributed by atoms with Gasteiger partial charge in [0, 0.05) is 27.4 Å². The molecule has 0 aliphatic heterocycles. The Morgan fingerprint density at radius 2 is 1.48 bits per heavy atom. The molecular weight excluding hydrogens is 392 g/mol. The maximum atomic E-state index is 13.3. The van der Waals surface area contributed by atoms with Crippen molar-refractivity contribution in [1.29, 1.82) is 0 Å². The molecule has 0 saturated heterocycles. The van der Waals surface area contributed by atoms with E-state index < -0.39 is 0 Å². The molecular formula is C25H20N2O4. The van der Waals surface area contributed by atoms with Gasteiger partial charge in [0.05, 0.1) is 22.3 Å². The lowest BCUT2D eigenvalue weighted by molar-refractivity contribution is -0.105.